The van der Waals surface area contributed by atoms with E-state index in [0.717, 1.165) is 19.3 Å². The number of hydrogen-bond acceptors (Lipinski definition) is 0. The first-order chi connectivity index (χ1) is 16.2. The first-order valence-electron chi connectivity index (χ1n) is 12.1. The van der Waals surface area contributed by atoms with E-state index in [2.05, 4.69) is 118 Å². The van der Waals surface area contributed by atoms with E-state index in [4.69, 9.17) is 0 Å². The quantitative estimate of drug-likeness (QED) is 0.294. The molecule has 3 rings (SSSR count). The smallest absolute Gasteiger partial charge is 0.00170 e. The Kier molecular flexibility index (Phi) is 11.5. The van der Waals surface area contributed by atoms with Crippen molar-refractivity contribution in [2.24, 2.45) is 0 Å². The van der Waals surface area contributed by atoms with Gasteiger partial charge in [-0.05, 0) is 65.1 Å². The van der Waals surface area contributed by atoms with Crippen molar-refractivity contribution in [1.29, 1.82) is 0 Å². The Bertz CT molecular complexity index is 1090. The summed E-state index contributed by atoms with van der Waals surface area (Å²) in [5, 5.41) is 0. The zero-order valence-electron chi connectivity index (χ0n) is 20.7. The monoisotopic (exact) mass is 434 g/mol. The molecule has 170 valence electrons. The average molecular weight is 435 g/mol. The molecule has 0 saturated heterocycles. The summed E-state index contributed by atoms with van der Waals surface area (Å²) in [5.74, 6) is 0. The van der Waals surface area contributed by atoms with Crippen LogP contribution in [0.25, 0.3) is 11.1 Å². The fraction of sp³-hybridized carbons (Fsp3) is 0.212. The highest BCUT2D eigenvalue weighted by Gasteiger charge is 2.11. The Hall–Kier alpha value is -3.38. The van der Waals surface area contributed by atoms with Gasteiger partial charge in [-0.2, -0.15) is 0 Å². The molecule has 0 atom stereocenters. The van der Waals surface area contributed by atoms with E-state index in [1.54, 1.807) is 0 Å². The molecule has 0 heterocycles. The lowest BCUT2D eigenvalue weighted by Crippen LogP contribution is -1.98. The molecule has 0 amide bonds. The Morgan fingerprint density at radius 2 is 1.33 bits per heavy atom. The first kappa shape index (κ1) is 25.9. The Balaban J connectivity index is 0.00000187. The van der Waals surface area contributed by atoms with Crippen LogP contribution in [0.5, 0.6) is 0 Å². The van der Waals surface area contributed by atoms with Crippen molar-refractivity contribution in [3.8, 4) is 11.1 Å². The van der Waals surface area contributed by atoms with E-state index in [-0.39, 0.29) is 0 Å². The van der Waals surface area contributed by atoms with E-state index in [1.807, 2.05) is 26.0 Å². The second-order valence-electron chi connectivity index (χ2n) is 7.77. The zero-order chi connectivity index (χ0) is 23.9. The third-order valence-corrected chi connectivity index (χ3v) is 5.49. The minimum absolute atomic E-state index is 0.896. The summed E-state index contributed by atoms with van der Waals surface area (Å²) in [6.45, 7) is 12.1. The van der Waals surface area contributed by atoms with Crippen LogP contribution in [-0.2, 0) is 12.8 Å². The molecule has 3 aromatic rings. The third kappa shape index (κ3) is 7.91. The van der Waals surface area contributed by atoms with E-state index in [9.17, 15) is 0 Å². The van der Waals surface area contributed by atoms with Gasteiger partial charge in [0.1, 0.15) is 0 Å². The summed E-state index contributed by atoms with van der Waals surface area (Å²) >= 11 is 0. The standard InChI is InChI=1S/C31H32.C2H6/c1-4-6-8-17-26(16-7-5-2)23-28-19-11-13-21-30(28)31-22-14-12-20-29(31)24-27-18-10-9-15-25(27)3;1-2/h4,6-22H,1,5,23-24H2,2-3H3;1-2H3/b8-6-,16-7+,26-17-;. The van der Waals surface area contributed by atoms with Crippen molar-refractivity contribution in [3.63, 3.8) is 0 Å². The SMILES string of the molecule is C=C\C=C/C=C(/C=C/CC)Cc1ccccc1-c1ccccc1Cc1ccccc1C.CC. The maximum atomic E-state index is 3.77. The molecule has 0 spiro atoms. The largest absolute Gasteiger partial charge is 0.0991 e. The van der Waals surface area contributed by atoms with Gasteiger partial charge in [0.15, 0.2) is 0 Å². The molecular weight excluding hydrogens is 396 g/mol. The topological polar surface area (TPSA) is 0 Å². The molecule has 0 saturated carbocycles. The number of benzene rings is 3. The molecule has 0 fully saturated rings. The van der Waals surface area contributed by atoms with Crippen molar-refractivity contribution in [1.82, 2.24) is 0 Å². The van der Waals surface area contributed by atoms with Crippen LogP contribution >= 0.6 is 0 Å². The lowest BCUT2D eigenvalue weighted by Gasteiger charge is -2.15. The average Bonchev–Trinajstić information content (AvgIpc) is 2.86. The van der Waals surface area contributed by atoms with Gasteiger partial charge in [0.25, 0.3) is 0 Å². The van der Waals surface area contributed by atoms with Gasteiger partial charge in [-0.3, -0.25) is 0 Å². The molecule has 0 aliphatic carbocycles. The second kappa shape index (κ2) is 14.6. The number of hydrogen-bond donors (Lipinski definition) is 0. The maximum Gasteiger partial charge on any atom is -0.00170 e. The van der Waals surface area contributed by atoms with Gasteiger partial charge in [0.05, 0.1) is 0 Å². The molecule has 0 aliphatic rings. The highest BCUT2D eigenvalue weighted by atomic mass is 14.2. The number of allylic oxidation sites excluding steroid dienone is 7. The fourth-order valence-electron chi connectivity index (χ4n) is 3.81. The van der Waals surface area contributed by atoms with Gasteiger partial charge < -0.3 is 0 Å². The molecule has 0 unspecified atom stereocenters. The van der Waals surface area contributed by atoms with Crippen LogP contribution in [0.1, 0.15) is 49.4 Å². The lowest BCUT2D eigenvalue weighted by atomic mass is 9.89. The van der Waals surface area contributed by atoms with Crippen LogP contribution < -0.4 is 0 Å². The third-order valence-electron chi connectivity index (χ3n) is 5.49. The van der Waals surface area contributed by atoms with Crippen LogP contribution in [-0.4, -0.2) is 0 Å². The van der Waals surface area contributed by atoms with Gasteiger partial charge in [-0.15, -0.1) is 0 Å². The van der Waals surface area contributed by atoms with Gasteiger partial charge in [-0.1, -0.05) is 137 Å². The van der Waals surface area contributed by atoms with E-state index < -0.39 is 0 Å². The summed E-state index contributed by atoms with van der Waals surface area (Å²) in [4.78, 5) is 0. The Labute approximate surface area is 201 Å². The van der Waals surface area contributed by atoms with Gasteiger partial charge in [-0.25, -0.2) is 0 Å². The summed E-state index contributed by atoms with van der Waals surface area (Å²) < 4.78 is 0. The molecule has 0 bridgehead atoms. The van der Waals surface area contributed by atoms with Crippen LogP contribution in [0.15, 0.2) is 121 Å². The normalized spacial score (nSPS) is 11.5. The van der Waals surface area contributed by atoms with Crippen LogP contribution in [0.4, 0.5) is 0 Å². The van der Waals surface area contributed by atoms with Gasteiger partial charge in [0, 0.05) is 0 Å². The summed E-state index contributed by atoms with van der Waals surface area (Å²) in [6, 6.07) is 26.3. The highest BCUT2D eigenvalue weighted by molar-refractivity contribution is 5.72. The van der Waals surface area contributed by atoms with Crippen LogP contribution in [0.3, 0.4) is 0 Å². The maximum absolute atomic E-state index is 3.77. The molecule has 0 heteroatoms. The Morgan fingerprint density at radius 3 is 1.97 bits per heavy atom. The molecule has 3 aromatic carbocycles. The summed E-state index contributed by atoms with van der Waals surface area (Å²) in [7, 11) is 0. The van der Waals surface area contributed by atoms with Crippen molar-refractivity contribution in [2.45, 2.75) is 47.0 Å². The van der Waals surface area contributed by atoms with Crippen molar-refractivity contribution < 1.29 is 0 Å². The summed E-state index contributed by atoms with van der Waals surface area (Å²) in [5.41, 5.74) is 9.37. The van der Waals surface area contributed by atoms with Crippen molar-refractivity contribution in [3.05, 3.63) is 144 Å². The first-order valence-corrected chi connectivity index (χ1v) is 12.1. The molecule has 0 N–H and O–H groups in total. The molecule has 33 heavy (non-hydrogen) atoms. The molecular formula is C33H38. The molecule has 0 radical (unpaired) electrons. The van der Waals surface area contributed by atoms with Gasteiger partial charge >= 0.3 is 0 Å². The highest BCUT2D eigenvalue weighted by Crippen LogP contribution is 2.30. The van der Waals surface area contributed by atoms with E-state index in [1.165, 1.54) is 39.0 Å². The number of aryl methyl sites for hydroxylation is 1. The minimum Gasteiger partial charge on any atom is -0.0991 e. The predicted octanol–water partition coefficient (Wildman–Crippen LogP) is 9.46. The Morgan fingerprint density at radius 1 is 0.758 bits per heavy atom. The minimum atomic E-state index is 0.896. The lowest BCUT2D eigenvalue weighted by molar-refractivity contribution is 1.14. The second-order valence-corrected chi connectivity index (χ2v) is 7.77. The van der Waals surface area contributed by atoms with E-state index >= 15 is 0 Å². The molecule has 0 nitrogen and oxygen atoms in total. The fourth-order valence-corrected chi connectivity index (χ4v) is 3.81. The predicted molar refractivity (Wildman–Crippen MR) is 148 cm³/mol. The zero-order valence-corrected chi connectivity index (χ0v) is 20.7. The van der Waals surface area contributed by atoms with Crippen LogP contribution in [0, 0.1) is 6.92 Å². The summed E-state index contributed by atoms with van der Waals surface area (Å²) in [6.07, 6.45) is 15.4. The van der Waals surface area contributed by atoms with Crippen LogP contribution in [0.2, 0.25) is 0 Å². The molecule has 0 aliphatic heterocycles. The molecule has 0 aromatic heterocycles. The van der Waals surface area contributed by atoms with Gasteiger partial charge in [0.2, 0.25) is 0 Å². The van der Waals surface area contributed by atoms with E-state index in [0.29, 0.717) is 0 Å². The van der Waals surface area contributed by atoms with Crippen molar-refractivity contribution in [2.75, 3.05) is 0 Å². The number of rotatable bonds is 9. The van der Waals surface area contributed by atoms with Crippen molar-refractivity contribution >= 4 is 0 Å².